The van der Waals surface area contributed by atoms with Crippen molar-refractivity contribution in [2.75, 3.05) is 34.4 Å². The average Bonchev–Trinajstić information content (AvgIpc) is 3.13. The lowest BCUT2D eigenvalue weighted by atomic mass is 10.2. The molecule has 1 heterocycles. The Labute approximate surface area is 176 Å². The summed E-state index contributed by atoms with van der Waals surface area (Å²) in [5, 5.41) is 2.79. The normalized spacial score (nSPS) is 15.0. The van der Waals surface area contributed by atoms with Gasteiger partial charge in [0.25, 0.3) is 5.91 Å². The lowest BCUT2D eigenvalue weighted by Crippen LogP contribution is -2.30. The zero-order chi connectivity index (χ0) is 21.9. The van der Waals surface area contributed by atoms with Crippen LogP contribution in [-0.4, -0.2) is 46.2 Å². The van der Waals surface area contributed by atoms with Crippen molar-refractivity contribution in [1.29, 1.82) is 0 Å². The highest BCUT2D eigenvalue weighted by Gasteiger charge is 2.22. The lowest BCUT2D eigenvalue weighted by Gasteiger charge is -2.19. The molecule has 1 fully saturated rings. The molecule has 160 valence electrons. The standard InChI is InChI=1S/C21H25N3O5S/c1-15(29-19-12-10-17(11-13-19)23(2)30(3,27)28)21(26)22-16-6-8-18(9-7-16)24-14-4-5-20(24)25/h6-13,15H,4-5,14H2,1-3H3,(H,22,26)/t15-/m0/s1. The topological polar surface area (TPSA) is 96.0 Å². The number of sulfonamides is 1. The van der Waals surface area contributed by atoms with E-state index >= 15 is 0 Å². The van der Waals surface area contributed by atoms with Gasteiger partial charge in [-0.2, -0.15) is 0 Å². The van der Waals surface area contributed by atoms with Crippen LogP contribution in [0.4, 0.5) is 17.1 Å². The SMILES string of the molecule is C[C@H](Oc1ccc(N(C)S(C)(=O)=O)cc1)C(=O)Nc1ccc(N2CCCC2=O)cc1. The van der Waals surface area contributed by atoms with Gasteiger partial charge in [-0.25, -0.2) is 8.42 Å². The molecular formula is C21H25N3O5S. The summed E-state index contributed by atoms with van der Waals surface area (Å²) in [5.41, 5.74) is 1.92. The van der Waals surface area contributed by atoms with Crippen LogP contribution >= 0.6 is 0 Å². The van der Waals surface area contributed by atoms with Crippen LogP contribution in [0.1, 0.15) is 19.8 Å². The first-order valence-electron chi connectivity index (χ1n) is 9.57. The van der Waals surface area contributed by atoms with E-state index in [9.17, 15) is 18.0 Å². The monoisotopic (exact) mass is 431 g/mol. The highest BCUT2D eigenvalue weighted by molar-refractivity contribution is 7.92. The fourth-order valence-electron chi connectivity index (χ4n) is 3.07. The predicted octanol–water partition coefficient (Wildman–Crippen LogP) is 2.62. The van der Waals surface area contributed by atoms with Crippen LogP contribution in [0.2, 0.25) is 0 Å². The molecule has 3 rings (SSSR count). The van der Waals surface area contributed by atoms with Gasteiger partial charge in [-0.05, 0) is 61.9 Å². The number of rotatable bonds is 7. The molecule has 1 saturated heterocycles. The maximum absolute atomic E-state index is 12.4. The molecule has 8 nitrogen and oxygen atoms in total. The second kappa shape index (κ2) is 8.74. The molecule has 2 amide bonds. The summed E-state index contributed by atoms with van der Waals surface area (Å²) in [4.78, 5) is 26.0. The molecule has 0 aromatic heterocycles. The van der Waals surface area contributed by atoms with Crippen molar-refractivity contribution in [3.63, 3.8) is 0 Å². The Morgan fingerprint density at radius 1 is 1.13 bits per heavy atom. The van der Waals surface area contributed by atoms with Crippen LogP contribution in [0.25, 0.3) is 0 Å². The Kier molecular flexibility index (Phi) is 6.31. The molecule has 0 spiro atoms. The third kappa shape index (κ3) is 5.10. The number of hydrogen-bond donors (Lipinski definition) is 1. The number of carbonyl (C=O) groups excluding carboxylic acids is 2. The molecule has 0 saturated carbocycles. The first kappa shape index (κ1) is 21.6. The Bertz CT molecular complexity index is 1020. The minimum absolute atomic E-state index is 0.113. The first-order chi connectivity index (χ1) is 14.1. The highest BCUT2D eigenvalue weighted by Crippen LogP contribution is 2.24. The number of carbonyl (C=O) groups is 2. The summed E-state index contributed by atoms with van der Waals surface area (Å²) < 4.78 is 30.0. The van der Waals surface area contributed by atoms with E-state index in [0.29, 0.717) is 30.1 Å². The van der Waals surface area contributed by atoms with E-state index in [4.69, 9.17) is 4.74 Å². The zero-order valence-corrected chi connectivity index (χ0v) is 18.0. The Hall–Kier alpha value is -3.07. The highest BCUT2D eigenvalue weighted by atomic mass is 32.2. The Morgan fingerprint density at radius 2 is 1.77 bits per heavy atom. The number of hydrogen-bond acceptors (Lipinski definition) is 5. The smallest absolute Gasteiger partial charge is 0.265 e. The lowest BCUT2D eigenvalue weighted by molar-refractivity contribution is -0.122. The van der Waals surface area contributed by atoms with Crippen LogP contribution in [0.5, 0.6) is 5.75 Å². The molecule has 0 aliphatic carbocycles. The van der Waals surface area contributed by atoms with Gasteiger partial charge in [0.15, 0.2) is 6.10 Å². The molecule has 1 N–H and O–H groups in total. The summed E-state index contributed by atoms with van der Waals surface area (Å²) in [6.45, 7) is 2.34. The third-order valence-electron chi connectivity index (χ3n) is 4.90. The summed E-state index contributed by atoms with van der Waals surface area (Å²) in [6.07, 6.45) is 1.79. The molecule has 1 aliphatic heterocycles. The van der Waals surface area contributed by atoms with Gasteiger partial charge in [0.2, 0.25) is 15.9 Å². The third-order valence-corrected chi connectivity index (χ3v) is 6.11. The predicted molar refractivity (Wildman–Crippen MR) is 116 cm³/mol. The van der Waals surface area contributed by atoms with Gasteiger partial charge in [0.05, 0.1) is 11.9 Å². The fraction of sp³-hybridized carbons (Fsp3) is 0.333. The summed E-state index contributed by atoms with van der Waals surface area (Å²) >= 11 is 0. The molecular weight excluding hydrogens is 406 g/mol. The second-order valence-corrected chi connectivity index (χ2v) is 9.18. The fourth-order valence-corrected chi connectivity index (χ4v) is 3.58. The molecule has 30 heavy (non-hydrogen) atoms. The molecule has 0 bridgehead atoms. The molecule has 9 heteroatoms. The number of amides is 2. The molecule has 0 unspecified atom stereocenters. The van der Waals surface area contributed by atoms with E-state index in [1.165, 1.54) is 7.05 Å². The van der Waals surface area contributed by atoms with E-state index in [-0.39, 0.29) is 11.8 Å². The van der Waals surface area contributed by atoms with E-state index < -0.39 is 16.1 Å². The van der Waals surface area contributed by atoms with Crippen molar-refractivity contribution in [2.24, 2.45) is 0 Å². The van der Waals surface area contributed by atoms with E-state index in [2.05, 4.69) is 5.32 Å². The van der Waals surface area contributed by atoms with E-state index in [1.54, 1.807) is 60.4 Å². The van der Waals surface area contributed by atoms with Gasteiger partial charge in [-0.15, -0.1) is 0 Å². The summed E-state index contributed by atoms with van der Waals surface area (Å²) in [5.74, 6) is 0.242. The molecule has 1 aliphatic rings. The molecule has 0 radical (unpaired) electrons. The minimum Gasteiger partial charge on any atom is -0.481 e. The van der Waals surface area contributed by atoms with Gasteiger partial charge in [0.1, 0.15) is 5.75 Å². The molecule has 2 aromatic rings. The van der Waals surface area contributed by atoms with Crippen LogP contribution < -0.4 is 19.3 Å². The zero-order valence-electron chi connectivity index (χ0n) is 17.2. The van der Waals surface area contributed by atoms with Gasteiger partial charge in [0, 0.05) is 31.4 Å². The molecule has 1 atom stereocenters. The quantitative estimate of drug-likeness (QED) is 0.727. The van der Waals surface area contributed by atoms with Crippen LogP contribution in [0, 0.1) is 0 Å². The molecule has 2 aromatic carbocycles. The van der Waals surface area contributed by atoms with Crippen molar-refractivity contribution in [3.05, 3.63) is 48.5 Å². The van der Waals surface area contributed by atoms with E-state index in [1.807, 2.05) is 0 Å². The van der Waals surface area contributed by atoms with Crippen molar-refractivity contribution < 1.29 is 22.7 Å². The maximum Gasteiger partial charge on any atom is 0.265 e. The van der Waals surface area contributed by atoms with Crippen molar-refractivity contribution >= 4 is 38.9 Å². The van der Waals surface area contributed by atoms with Crippen molar-refractivity contribution in [2.45, 2.75) is 25.9 Å². The average molecular weight is 432 g/mol. The Morgan fingerprint density at radius 3 is 2.30 bits per heavy atom. The van der Waals surface area contributed by atoms with Crippen molar-refractivity contribution in [1.82, 2.24) is 0 Å². The van der Waals surface area contributed by atoms with Crippen molar-refractivity contribution in [3.8, 4) is 5.75 Å². The van der Waals surface area contributed by atoms with E-state index in [0.717, 1.165) is 22.7 Å². The van der Waals surface area contributed by atoms with Crippen LogP contribution in [0.15, 0.2) is 48.5 Å². The van der Waals surface area contributed by atoms with Gasteiger partial charge in [-0.3, -0.25) is 13.9 Å². The number of benzene rings is 2. The number of nitrogens with one attached hydrogen (secondary N) is 1. The number of nitrogens with zero attached hydrogens (tertiary/aromatic N) is 2. The van der Waals surface area contributed by atoms with Gasteiger partial charge < -0.3 is 15.0 Å². The summed E-state index contributed by atoms with van der Waals surface area (Å²) in [6, 6.07) is 13.6. The maximum atomic E-state index is 12.4. The van der Waals surface area contributed by atoms with Gasteiger partial charge >= 0.3 is 0 Å². The number of anilines is 3. The number of ether oxygens (including phenoxy) is 1. The largest absolute Gasteiger partial charge is 0.481 e. The van der Waals surface area contributed by atoms with Gasteiger partial charge in [-0.1, -0.05) is 0 Å². The van der Waals surface area contributed by atoms with Crippen LogP contribution in [0.3, 0.4) is 0 Å². The minimum atomic E-state index is -3.34. The summed E-state index contributed by atoms with van der Waals surface area (Å²) in [7, 11) is -1.88. The van der Waals surface area contributed by atoms with Crippen LogP contribution in [-0.2, 0) is 19.6 Å². The Balaban J connectivity index is 1.57. The second-order valence-electron chi connectivity index (χ2n) is 7.17. The first-order valence-corrected chi connectivity index (χ1v) is 11.4.